The molecule has 5 heteroatoms. The summed E-state index contributed by atoms with van der Waals surface area (Å²) >= 11 is 1.55. The molecule has 3 aromatic rings. The Bertz CT molecular complexity index is 705. The number of nitrogen functional groups attached to an aromatic ring is 1. The normalized spacial score (nSPS) is 10.9. The molecule has 0 fully saturated rings. The topological polar surface area (TPSA) is 56.7 Å². The lowest BCUT2D eigenvalue weighted by molar-refractivity contribution is 0.947. The van der Waals surface area contributed by atoms with E-state index in [0.717, 1.165) is 26.6 Å². The fourth-order valence-electron chi connectivity index (χ4n) is 1.79. The summed E-state index contributed by atoms with van der Waals surface area (Å²) in [6.07, 6.45) is 3.59. The second-order valence-corrected chi connectivity index (χ2v) is 5.01. The molecule has 0 amide bonds. The zero-order valence-corrected chi connectivity index (χ0v) is 10.7. The minimum absolute atomic E-state index is 0.761. The molecule has 0 aliphatic heterocycles. The third kappa shape index (κ3) is 1.82. The van der Waals surface area contributed by atoms with Crippen LogP contribution in [-0.4, -0.2) is 14.5 Å². The average Bonchev–Trinajstić information content (AvgIpc) is 2.76. The van der Waals surface area contributed by atoms with Crippen molar-refractivity contribution in [1.29, 1.82) is 0 Å². The van der Waals surface area contributed by atoms with Gasteiger partial charge in [0.2, 0.25) is 0 Å². The van der Waals surface area contributed by atoms with E-state index in [1.54, 1.807) is 24.3 Å². The number of fused-ring (bicyclic) bond motifs is 1. The first-order valence-corrected chi connectivity index (χ1v) is 6.36. The molecular weight excluding hydrogens is 244 g/mol. The van der Waals surface area contributed by atoms with Gasteiger partial charge in [-0.15, -0.1) is 0 Å². The highest BCUT2D eigenvalue weighted by Gasteiger charge is 2.09. The van der Waals surface area contributed by atoms with Crippen LogP contribution in [0.3, 0.4) is 0 Å². The zero-order chi connectivity index (χ0) is 12.5. The first-order valence-electron chi connectivity index (χ1n) is 5.54. The summed E-state index contributed by atoms with van der Waals surface area (Å²) in [4.78, 5) is 9.77. The van der Waals surface area contributed by atoms with Crippen LogP contribution in [0.1, 0.15) is 0 Å². The van der Waals surface area contributed by atoms with Crippen molar-refractivity contribution in [3.05, 3.63) is 42.9 Å². The minimum atomic E-state index is 0.761. The molecule has 2 N–H and O–H groups in total. The maximum absolute atomic E-state index is 5.94. The van der Waals surface area contributed by atoms with Crippen LogP contribution < -0.4 is 5.73 Å². The number of para-hydroxylation sites is 1. The second kappa shape index (κ2) is 4.34. The van der Waals surface area contributed by atoms with Gasteiger partial charge in [0.1, 0.15) is 10.5 Å². The Morgan fingerprint density at radius 1 is 1.17 bits per heavy atom. The van der Waals surface area contributed by atoms with Crippen LogP contribution in [0.5, 0.6) is 0 Å². The highest BCUT2D eigenvalue weighted by molar-refractivity contribution is 7.99. The van der Waals surface area contributed by atoms with E-state index in [1.807, 2.05) is 41.9 Å². The van der Waals surface area contributed by atoms with Crippen LogP contribution in [0.4, 0.5) is 5.69 Å². The van der Waals surface area contributed by atoms with Crippen molar-refractivity contribution in [1.82, 2.24) is 14.5 Å². The van der Waals surface area contributed by atoms with Crippen LogP contribution in [0.15, 0.2) is 52.8 Å². The van der Waals surface area contributed by atoms with Crippen LogP contribution in [0, 0.1) is 0 Å². The van der Waals surface area contributed by atoms with Crippen molar-refractivity contribution in [2.24, 2.45) is 7.05 Å². The zero-order valence-electron chi connectivity index (χ0n) is 9.87. The number of benzene rings is 1. The molecule has 1 aromatic carbocycles. The predicted molar refractivity (Wildman–Crippen MR) is 73.5 cm³/mol. The molecule has 90 valence electrons. The largest absolute Gasteiger partial charge is 0.398 e. The summed E-state index contributed by atoms with van der Waals surface area (Å²) in [7, 11) is 1.97. The maximum Gasteiger partial charge on any atom is 0.129 e. The molecule has 0 atom stereocenters. The maximum atomic E-state index is 5.94. The van der Waals surface area contributed by atoms with Gasteiger partial charge in [0.05, 0.1) is 11.8 Å². The van der Waals surface area contributed by atoms with E-state index in [4.69, 9.17) is 5.73 Å². The lowest BCUT2D eigenvalue weighted by Gasteiger charge is -2.04. The molecule has 3 rings (SSSR count). The Kier molecular flexibility index (Phi) is 2.68. The van der Waals surface area contributed by atoms with E-state index in [-0.39, 0.29) is 0 Å². The van der Waals surface area contributed by atoms with Gasteiger partial charge < -0.3 is 10.3 Å². The van der Waals surface area contributed by atoms with Crippen molar-refractivity contribution < 1.29 is 0 Å². The Labute approximate surface area is 109 Å². The molecule has 2 heterocycles. The Morgan fingerprint density at radius 2 is 2.00 bits per heavy atom. The van der Waals surface area contributed by atoms with Crippen molar-refractivity contribution in [2.75, 3.05) is 5.73 Å². The van der Waals surface area contributed by atoms with E-state index in [2.05, 4.69) is 9.97 Å². The molecule has 0 aliphatic carbocycles. The van der Waals surface area contributed by atoms with Crippen LogP contribution in [-0.2, 0) is 7.05 Å². The van der Waals surface area contributed by atoms with Gasteiger partial charge in [0.15, 0.2) is 0 Å². The summed E-state index contributed by atoms with van der Waals surface area (Å²) in [5.41, 5.74) is 8.69. The van der Waals surface area contributed by atoms with Gasteiger partial charge in [0, 0.05) is 23.8 Å². The number of aryl methyl sites for hydroxylation is 1. The van der Waals surface area contributed by atoms with E-state index in [9.17, 15) is 0 Å². The van der Waals surface area contributed by atoms with Gasteiger partial charge in [-0.25, -0.2) is 9.97 Å². The molecule has 18 heavy (non-hydrogen) atoms. The van der Waals surface area contributed by atoms with E-state index >= 15 is 0 Å². The van der Waals surface area contributed by atoms with Crippen LogP contribution in [0.2, 0.25) is 0 Å². The summed E-state index contributed by atoms with van der Waals surface area (Å²) < 4.78 is 1.98. The number of anilines is 1. The van der Waals surface area contributed by atoms with Crippen LogP contribution in [0.25, 0.3) is 11.0 Å². The standard InChI is InChI=1S/C13H12N4S/c1-17-8-16-12-10(17)6-7-15-13(12)18-11-5-3-2-4-9(11)14/h2-8H,14H2,1H3. The molecule has 0 radical (unpaired) electrons. The van der Waals surface area contributed by atoms with Gasteiger partial charge in [-0.05, 0) is 18.2 Å². The lowest BCUT2D eigenvalue weighted by atomic mass is 10.3. The monoisotopic (exact) mass is 256 g/mol. The average molecular weight is 256 g/mol. The fourth-order valence-corrected chi connectivity index (χ4v) is 2.70. The lowest BCUT2D eigenvalue weighted by Crippen LogP contribution is -1.89. The van der Waals surface area contributed by atoms with E-state index in [1.165, 1.54) is 0 Å². The predicted octanol–water partition coefficient (Wildman–Crippen LogP) is 2.70. The van der Waals surface area contributed by atoms with Crippen molar-refractivity contribution in [3.63, 3.8) is 0 Å². The van der Waals surface area contributed by atoms with E-state index < -0.39 is 0 Å². The van der Waals surface area contributed by atoms with Gasteiger partial charge in [-0.3, -0.25) is 0 Å². The van der Waals surface area contributed by atoms with Gasteiger partial charge in [-0.1, -0.05) is 23.9 Å². The SMILES string of the molecule is Cn1cnc2c(Sc3ccccc3N)nccc21. The second-order valence-electron chi connectivity index (χ2n) is 3.98. The molecule has 0 spiro atoms. The molecule has 4 nitrogen and oxygen atoms in total. The first kappa shape index (κ1) is 11.1. The number of nitrogens with two attached hydrogens (primary N) is 1. The first-order chi connectivity index (χ1) is 8.75. The third-order valence-electron chi connectivity index (χ3n) is 2.74. The van der Waals surface area contributed by atoms with Gasteiger partial charge in [-0.2, -0.15) is 0 Å². The van der Waals surface area contributed by atoms with Crippen LogP contribution >= 0.6 is 11.8 Å². The highest BCUT2D eigenvalue weighted by atomic mass is 32.2. The van der Waals surface area contributed by atoms with Crippen molar-refractivity contribution in [3.8, 4) is 0 Å². The molecule has 0 bridgehead atoms. The van der Waals surface area contributed by atoms with Gasteiger partial charge >= 0.3 is 0 Å². The summed E-state index contributed by atoms with van der Waals surface area (Å²) in [6.45, 7) is 0. The number of nitrogens with zero attached hydrogens (tertiary/aromatic N) is 3. The van der Waals surface area contributed by atoms with Crippen molar-refractivity contribution in [2.45, 2.75) is 9.92 Å². The van der Waals surface area contributed by atoms with E-state index in [0.29, 0.717) is 0 Å². The molecule has 0 unspecified atom stereocenters. The number of hydrogen-bond donors (Lipinski definition) is 1. The number of pyridine rings is 1. The fraction of sp³-hybridized carbons (Fsp3) is 0.0769. The molecule has 2 aromatic heterocycles. The molecular formula is C13H12N4S. The number of imidazole rings is 1. The van der Waals surface area contributed by atoms with Crippen molar-refractivity contribution >= 4 is 28.5 Å². The summed E-state index contributed by atoms with van der Waals surface area (Å²) in [6, 6.07) is 9.73. The Hall–Kier alpha value is -2.01. The summed E-state index contributed by atoms with van der Waals surface area (Å²) in [5.74, 6) is 0. The van der Waals surface area contributed by atoms with Gasteiger partial charge in [0.25, 0.3) is 0 Å². The number of aromatic nitrogens is 3. The molecule has 0 aliphatic rings. The quantitative estimate of drug-likeness (QED) is 0.716. The minimum Gasteiger partial charge on any atom is -0.398 e. The molecule has 0 saturated carbocycles. The Morgan fingerprint density at radius 3 is 2.83 bits per heavy atom. The number of hydrogen-bond acceptors (Lipinski definition) is 4. The highest BCUT2D eigenvalue weighted by Crippen LogP contribution is 2.33. The number of rotatable bonds is 2. The molecule has 0 saturated heterocycles. The summed E-state index contributed by atoms with van der Waals surface area (Å²) in [5, 5.41) is 0.881. The third-order valence-corrected chi connectivity index (χ3v) is 3.82. The Balaban J connectivity index is 2.08. The smallest absolute Gasteiger partial charge is 0.129 e.